The monoisotopic (exact) mass is 340 g/mol. The van der Waals surface area contributed by atoms with Crippen molar-refractivity contribution < 1.29 is 4.74 Å². The maximum absolute atomic E-state index is 8.74. The molecule has 3 rings (SSSR count). The number of hydrogen-bond donors (Lipinski definition) is 0. The van der Waals surface area contributed by atoms with Crippen molar-refractivity contribution in [2.75, 3.05) is 30.4 Å². The lowest BCUT2D eigenvalue weighted by molar-refractivity contribution is 0.0985. The van der Waals surface area contributed by atoms with Crippen molar-refractivity contribution in [3.05, 3.63) is 42.1 Å². The third kappa shape index (κ3) is 4.05. The molecule has 24 heavy (non-hydrogen) atoms. The summed E-state index contributed by atoms with van der Waals surface area (Å²) in [7, 11) is 0. The van der Waals surface area contributed by atoms with E-state index in [9.17, 15) is 0 Å². The third-order valence-corrected chi connectivity index (χ3v) is 4.71. The molecule has 1 aliphatic heterocycles. The Balaban J connectivity index is 1.94. The van der Waals surface area contributed by atoms with Crippen LogP contribution >= 0.6 is 11.8 Å². The van der Waals surface area contributed by atoms with E-state index in [4.69, 9.17) is 20.0 Å². The van der Waals surface area contributed by atoms with E-state index in [0.29, 0.717) is 24.7 Å². The lowest BCUT2D eigenvalue weighted by Gasteiger charge is -2.34. The molecule has 124 valence electrons. The zero-order valence-electron chi connectivity index (χ0n) is 13.7. The van der Waals surface area contributed by atoms with Crippen molar-refractivity contribution in [1.29, 1.82) is 5.26 Å². The Morgan fingerprint density at radius 1 is 1.33 bits per heavy atom. The third-order valence-electron chi connectivity index (χ3n) is 3.88. The molecule has 2 aromatic rings. The maximum Gasteiger partial charge on any atom is 0.161 e. The number of hydrogen-bond acceptors (Lipinski definition) is 6. The highest BCUT2D eigenvalue weighted by molar-refractivity contribution is 7.98. The largest absolute Gasteiger partial charge is 0.377 e. The van der Waals surface area contributed by atoms with Crippen molar-refractivity contribution in [3.8, 4) is 17.5 Å². The molecule has 0 unspecified atom stereocenters. The van der Waals surface area contributed by atoms with Gasteiger partial charge in [-0.3, -0.25) is 0 Å². The molecule has 1 aliphatic rings. The number of benzene rings is 1. The van der Waals surface area contributed by atoms with Crippen molar-refractivity contribution in [1.82, 2.24) is 9.97 Å². The predicted molar refractivity (Wildman–Crippen MR) is 96.9 cm³/mol. The van der Waals surface area contributed by atoms with Crippen LogP contribution in [0.3, 0.4) is 0 Å². The van der Waals surface area contributed by atoms with E-state index in [1.807, 2.05) is 36.4 Å². The zero-order chi connectivity index (χ0) is 16.8. The summed E-state index contributed by atoms with van der Waals surface area (Å²) >= 11 is 1.57. The number of rotatable bonds is 5. The molecule has 2 heterocycles. The Bertz CT molecular complexity index is 717. The first kappa shape index (κ1) is 16.7. The molecule has 0 saturated carbocycles. The lowest BCUT2D eigenvalue weighted by Crippen LogP contribution is -2.44. The first-order chi connectivity index (χ1) is 11.8. The molecular formula is C18H20N4OS. The van der Waals surface area contributed by atoms with E-state index in [1.54, 1.807) is 11.8 Å². The fourth-order valence-corrected chi connectivity index (χ4v) is 3.24. The second kappa shape index (κ2) is 8.13. The molecule has 1 aromatic carbocycles. The second-order valence-electron chi connectivity index (χ2n) is 5.68. The van der Waals surface area contributed by atoms with E-state index in [2.05, 4.69) is 17.9 Å². The van der Waals surface area contributed by atoms with Gasteiger partial charge in [0.2, 0.25) is 0 Å². The summed E-state index contributed by atoms with van der Waals surface area (Å²) in [4.78, 5) is 11.8. The Labute approximate surface area is 146 Å². The van der Waals surface area contributed by atoms with Gasteiger partial charge in [-0.1, -0.05) is 30.3 Å². The van der Waals surface area contributed by atoms with Gasteiger partial charge in [-0.25, -0.2) is 9.97 Å². The van der Waals surface area contributed by atoms with Gasteiger partial charge in [-0.15, -0.1) is 11.8 Å². The van der Waals surface area contributed by atoms with Gasteiger partial charge >= 0.3 is 0 Å². The number of nitriles is 1. The summed E-state index contributed by atoms with van der Waals surface area (Å²) in [6.45, 7) is 4.40. The van der Waals surface area contributed by atoms with Crippen LogP contribution < -0.4 is 4.90 Å². The van der Waals surface area contributed by atoms with Crippen LogP contribution in [0.4, 0.5) is 5.82 Å². The van der Waals surface area contributed by atoms with Crippen LogP contribution in [0.1, 0.15) is 12.6 Å². The Kier molecular flexibility index (Phi) is 5.68. The summed E-state index contributed by atoms with van der Waals surface area (Å²) < 4.78 is 5.53. The predicted octanol–water partition coefficient (Wildman–Crippen LogP) is 3.13. The summed E-state index contributed by atoms with van der Waals surface area (Å²) in [6.07, 6.45) is 0. The molecule has 0 radical (unpaired) electrons. The normalized spacial score (nSPS) is 17.5. The van der Waals surface area contributed by atoms with Crippen LogP contribution in [0.2, 0.25) is 0 Å². The fraction of sp³-hybridized carbons (Fsp3) is 0.389. The highest BCUT2D eigenvalue weighted by Crippen LogP contribution is 2.24. The number of morpholine rings is 1. The minimum atomic E-state index is 0.289. The molecule has 5 nitrogen and oxygen atoms in total. The van der Waals surface area contributed by atoms with Crippen molar-refractivity contribution in [2.24, 2.45) is 0 Å². The Hall–Kier alpha value is -2.10. The topological polar surface area (TPSA) is 62.0 Å². The summed E-state index contributed by atoms with van der Waals surface area (Å²) in [5.41, 5.74) is 1.96. The molecule has 1 aromatic heterocycles. The first-order valence-corrected chi connectivity index (χ1v) is 9.16. The molecular weight excluding hydrogens is 320 g/mol. The molecule has 1 atom stereocenters. The Morgan fingerprint density at radius 2 is 2.17 bits per heavy atom. The van der Waals surface area contributed by atoms with Crippen LogP contribution in [0.25, 0.3) is 11.4 Å². The summed E-state index contributed by atoms with van der Waals surface area (Å²) in [6, 6.07) is 14.5. The number of anilines is 1. The van der Waals surface area contributed by atoms with Gasteiger partial charge in [0.1, 0.15) is 5.82 Å². The quantitative estimate of drug-likeness (QED) is 0.779. The lowest BCUT2D eigenvalue weighted by atomic mass is 10.2. The average molecular weight is 340 g/mol. The smallest absolute Gasteiger partial charge is 0.161 e. The molecule has 0 amide bonds. The van der Waals surface area contributed by atoms with E-state index in [1.165, 1.54) is 0 Å². The molecule has 0 aliphatic carbocycles. The number of aromatic nitrogens is 2. The van der Waals surface area contributed by atoms with Crippen LogP contribution in [0, 0.1) is 11.3 Å². The Morgan fingerprint density at radius 3 is 2.92 bits per heavy atom. The van der Waals surface area contributed by atoms with Crippen LogP contribution in [0.15, 0.2) is 36.4 Å². The minimum Gasteiger partial charge on any atom is -0.377 e. The van der Waals surface area contributed by atoms with Gasteiger partial charge in [0, 0.05) is 23.9 Å². The fourth-order valence-electron chi connectivity index (χ4n) is 2.69. The van der Waals surface area contributed by atoms with E-state index >= 15 is 0 Å². The highest BCUT2D eigenvalue weighted by Gasteiger charge is 2.21. The van der Waals surface area contributed by atoms with E-state index in [-0.39, 0.29) is 6.04 Å². The van der Waals surface area contributed by atoms with Gasteiger partial charge in [0.25, 0.3) is 0 Å². The van der Waals surface area contributed by atoms with Crippen LogP contribution in [-0.2, 0) is 10.5 Å². The summed E-state index contributed by atoms with van der Waals surface area (Å²) in [5.74, 6) is 2.85. The zero-order valence-corrected chi connectivity index (χ0v) is 14.5. The van der Waals surface area contributed by atoms with E-state index in [0.717, 1.165) is 29.4 Å². The standard InChI is InChI=1S/C18H20N4OS/c1-14-12-23-9-8-22(14)17-11-16(13-24-10-7-19)20-18(21-17)15-5-3-2-4-6-15/h2-6,11,14H,8-10,12-13H2,1H3/t14-/m0/s1. The molecule has 6 heteroatoms. The SMILES string of the molecule is C[C@H]1COCCN1c1cc(CSCC#N)nc(-c2ccccc2)n1. The maximum atomic E-state index is 8.74. The molecule has 1 saturated heterocycles. The van der Waals surface area contributed by atoms with Gasteiger partial charge in [0.15, 0.2) is 5.82 Å². The number of thioether (sulfide) groups is 1. The van der Waals surface area contributed by atoms with Gasteiger partial charge in [-0.2, -0.15) is 5.26 Å². The first-order valence-electron chi connectivity index (χ1n) is 8.00. The van der Waals surface area contributed by atoms with Gasteiger partial charge < -0.3 is 9.64 Å². The molecule has 0 spiro atoms. The van der Waals surface area contributed by atoms with Crippen LogP contribution in [-0.4, -0.2) is 41.5 Å². The second-order valence-corrected chi connectivity index (χ2v) is 6.66. The van der Waals surface area contributed by atoms with E-state index < -0.39 is 0 Å². The number of nitrogens with zero attached hydrogens (tertiary/aromatic N) is 4. The van der Waals surface area contributed by atoms with Crippen molar-refractivity contribution in [3.63, 3.8) is 0 Å². The van der Waals surface area contributed by atoms with Crippen LogP contribution in [0.5, 0.6) is 0 Å². The average Bonchev–Trinajstić information content (AvgIpc) is 2.63. The molecule has 1 fully saturated rings. The summed E-state index contributed by atoms with van der Waals surface area (Å²) in [5, 5.41) is 8.74. The van der Waals surface area contributed by atoms with Crippen molar-refractivity contribution >= 4 is 17.6 Å². The van der Waals surface area contributed by atoms with Gasteiger partial charge in [0.05, 0.1) is 36.8 Å². The molecule has 0 bridgehead atoms. The minimum absolute atomic E-state index is 0.289. The molecule has 0 N–H and O–H groups in total. The van der Waals surface area contributed by atoms with Crippen molar-refractivity contribution in [2.45, 2.75) is 18.7 Å². The van der Waals surface area contributed by atoms with Gasteiger partial charge in [-0.05, 0) is 6.92 Å². The highest BCUT2D eigenvalue weighted by atomic mass is 32.2. The number of ether oxygens (including phenoxy) is 1.